The number of para-hydroxylation sites is 2. The van der Waals surface area contributed by atoms with Gasteiger partial charge in [-0.15, -0.1) is 11.3 Å². The third-order valence-electron chi connectivity index (χ3n) is 5.22. The fourth-order valence-corrected chi connectivity index (χ4v) is 4.72. The van der Waals surface area contributed by atoms with Crippen molar-refractivity contribution < 1.29 is 0 Å². The summed E-state index contributed by atoms with van der Waals surface area (Å²) in [6.07, 6.45) is 4.21. The molecule has 2 aromatic heterocycles. The molecule has 2 aromatic carbocycles. The first kappa shape index (κ1) is 16.4. The smallest absolute Gasteiger partial charge is 0.185 e. The largest absolute Gasteiger partial charge is 0.368 e. The molecular weight excluding hydrogens is 352 g/mol. The summed E-state index contributed by atoms with van der Waals surface area (Å²) in [5, 5.41) is 2.44. The molecule has 1 saturated heterocycles. The summed E-state index contributed by atoms with van der Waals surface area (Å²) in [4.78, 5) is 10.9. The maximum absolute atomic E-state index is 4.71. The van der Waals surface area contributed by atoms with E-state index in [1.165, 1.54) is 21.5 Å². The van der Waals surface area contributed by atoms with Crippen LogP contribution in [0, 0.1) is 0 Å². The van der Waals surface area contributed by atoms with E-state index < -0.39 is 0 Å². The zero-order chi connectivity index (χ0) is 18.1. The second kappa shape index (κ2) is 7.08. The van der Waals surface area contributed by atoms with E-state index in [1.807, 2.05) is 17.5 Å². The van der Waals surface area contributed by atoms with E-state index in [2.05, 4.69) is 81.2 Å². The van der Waals surface area contributed by atoms with Crippen LogP contribution in [0.5, 0.6) is 0 Å². The Morgan fingerprint density at radius 2 is 1.56 bits per heavy atom. The lowest BCUT2D eigenvalue weighted by Gasteiger charge is -2.36. The normalized spacial score (nSPS) is 14.8. The maximum atomic E-state index is 4.71. The molecule has 1 fully saturated rings. The number of aromatic nitrogens is 2. The van der Waals surface area contributed by atoms with Gasteiger partial charge in [-0.05, 0) is 29.7 Å². The molecule has 0 spiro atoms. The minimum Gasteiger partial charge on any atom is -0.368 e. The molecule has 0 amide bonds. The Hall–Kier alpha value is -2.79. The molecule has 0 radical (unpaired) electrons. The lowest BCUT2D eigenvalue weighted by Crippen LogP contribution is -2.46. The van der Waals surface area contributed by atoms with Crippen LogP contribution in [0.3, 0.4) is 0 Å². The molecule has 0 N–H and O–H groups in total. The number of fused-ring (bicyclic) bond motifs is 1. The van der Waals surface area contributed by atoms with Crippen LogP contribution >= 0.6 is 11.3 Å². The first-order valence-corrected chi connectivity index (χ1v) is 10.2. The fraction of sp³-hybridized carbons (Fsp3) is 0.227. The Balaban J connectivity index is 1.26. The monoisotopic (exact) mass is 374 g/mol. The predicted octanol–water partition coefficient (Wildman–Crippen LogP) is 4.47. The number of nitrogens with zero attached hydrogens (tertiary/aromatic N) is 4. The van der Waals surface area contributed by atoms with Crippen molar-refractivity contribution in [3.63, 3.8) is 0 Å². The van der Waals surface area contributed by atoms with Crippen molar-refractivity contribution in [2.75, 3.05) is 36.0 Å². The molecule has 5 rings (SSSR count). The van der Waals surface area contributed by atoms with Crippen molar-refractivity contribution in [1.82, 2.24) is 9.55 Å². The number of hydrogen-bond acceptors (Lipinski definition) is 4. The van der Waals surface area contributed by atoms with E-state index in [9.17, 15) is 0 Å². The SMILES string of the molecule is c1ccc(N2CCN(c3ncc(Cn4ccc5ccccc54)s3)CC2)cc1. The zero-order valence-corrected chi connectivity index (χ0v) is 16.0. The first-order valence-electron chi connectivity index (χ1n) is 9.40. The highest BCUT2D eigenvalue weighted by molar-refractivity contribution is 7.15. The van der Waals surface area contributed by atoms with Gasteiger partial charge in [-0.25, -0.2) is 4.98 Å². The average Bonchev–Trinajstić information content (AvgIpc) is 3.37. The summed E-state index contributed by atoms with van der Waals surface area (Å²) in [6, 6.07) is 21.4. The van der Waals surface area contributed by atoms with Gasteiger partial charge in [-0.3, -0.25) is 0 Å². The summed E-state index contributed by atoms with van der Waals surface area (Å²) < 4.78 is 2.31. The van der Waals surface area contributed by atoms with E-state index in [1.54, 1.807) is 0 Å². The van der Waals surface area contributed by atoms with Gasteiger partial charge in [-0.1, -0.05) is 36.4 Å². The molecule has 0 saturated carbocycles. The summed E-state index contributed by atoms with van der Waals surface area (Å²) in [6.45, 7) is 5.01. The lowest BCUT2D eigenvalue weighted by atomic mass is 10.2. The van der Waals surface area contributed by atoms with Crippen LogP contribution < -0.4 is 9.80 Å². The van der Waals surface area contributed by atoms with Crippen molar-refractivity contribution in [2.45, 2.75) is 6.54 Å². The molecule has 0 aliphatic carbocycles. The van der Waals surface area contributed by atoms with E-state index in [-0.39, 0.29) is 0 Å². The number of thiazole rings is 1. The molecule has 27 heavy (non-hydrogen) atoms. The lowest BCUT2D eigenvalue weighted by molar-refractivity contribution is 0.652. The summed E-state index contributed by atoms with van der Waals surface area (Å²) in [5.74, 6) is 0. The predicted molar refractivity (Wildman–Crippen MR) is 114 cm³/mol. The minimum atomic E-state index is 0.884. The molecule has 5 heteroatoms. The molecule has 0 atom stereocenters. The van der Waals surface area contributed by atoms with Crippen LogP contribution in [0.1, 0.15) is 4.88 Å². The number of piperazine rings is 1. The Kier molecular flexibility index (Phi) is 4.30. The fourth-order valence-electron chi connectivity index (χ4n) is 3.76. The van der Waals surface area contributed by atoms with Crippen LogP contribution in [0.15, 0.2) is 73.1 Å². The number of rotatable bonds is 4. The quantitative estimate of drug-likeness (QED) is 0.527. The van der Waals surface area contributed by atoms with Gasteiger partial charge in [0, 0.05) is 54.7 Å². The highest BCUT2D eigenvalue weighted by Crippen LogP contribution is 2.26. The topological polar surface area (TPSA) is 24.3 Å². The average molecular weight is 375 g/mol. The first-order chi connectivity index (χ1) is 13.4. The minimum absolute atomic E-state index is 0.884. The van der Waals surface area contributed by atoms with Crippen LogP contribution in [-0.2, 0) is 6.54 Å². The van der Waals surface area contributed by atoms with Crippen LogP contribution in [-0.4, -0.2) is 35.7 Å². The molecule has 136 valence electrons. The van der Waals surface area contributed by atoms with Crippen molar-refractivity contribution >= 4 is 33.1 Å². The van der Waals surface area contributed by atoms with Crippen molar-refractivity contribution in [3.8, 4) is 0 Å². The second-order valence-electron chi connectivity index (χ2n) is 6.92. The Morgan fingerprint density at radius 1 is 0.815 bits per heavy atom. The molecular formula is C22H22N4S. The summed E-state index contributed by atoms with van der Waals surface area (Å²) in [7, 11) is 0. The Labute approximate surface area is 163 Å². The van der Waals surface area contributed by atoms with E-state index in [0.717, 1.165) is 37.9 Å². The number of benzene rings is 2. The number of anilines is 2. The molecule has 0 unspecified atom stereocenters. The molecule has 4 nitrogen and oxygen atoms in total. The van der Waals surface area contributed by atoms with E-state index in [4.69, 9.17) is 4.98 Å². The number of hydrogen-bond donors (Lipinski definition) is 0. The van der Waals surface area contributed by atoms with Crippen LogP contribution in [0.2, 0.25) is 0 Å². The van der Waals surface area contributed by atoms with Crippen LogP contribution in [0.25, 0.3) is 10.9 Å². The third kappa shape index (κ3) is 3.30. The highest BCUT2D eigenvalue weighted by atomic mass is 32.1. The molecule has 1 aliphatic heterocycles. The maximum Gasteiger partial charge on any atom is 0.185 e. The van der Waals surface area contributed by atoms with Gasteiger partial charge in [0.05, 0.1) is 6.54 Å². The zero-order valence-electron chi connectivity index (χ0n) is 15.2. The second-order valence-corrected chi connectivity index (χ2v) is 8.01. The molecule has 0 bridgehead atoms. The van der Waals surface area contributed by atoms with Crippen molar-refractivity contribution in [1.29, 1.82) is 0 Å². The third-order valence-corrected chi connectivity index (χ3v) is 6.26. The van der Waals surface area contributed by atoms with Gasteiger partial charge in [0.1, 0.15) is 0 Å². The standard InChI is InChI=1S/C22H22N4S/c1-2-7-19(8-3-1)24-12-14-25(15-13-24)22-23-16-20(27-22)17-26-11-10-18-6-4-5-9-21(18)26/h1-11,16H,12-15,17H2. The van der Waals surface area contributed by atoms with Gasteiger partial charge in [-0.2, -0.15) is 0 Å². The Bertz CT molecular complexity index is 1030. The molecule has 4 aromatic rings. The van der Waals surface area contributed by atoms with Crippen molar-refractivity contribution in [2.24, 2.45) is 0 Å². The van der Waals surface area contributed by atoms with Gasteiger partial charge in [0.15, 0.2) is 5.13 Å². The summed E-state index contributed by atoms with van der Waals surface area (Å²) >= 11 is 1.82. The summed E-state index contributed by atoms with van der Waals surface area (Å²) in [5.41, 5.74) is 2.60. The molecule has 1 aliphatic rings. The van der Waals surface area contributed by atoms with Crippen molar-refractivity contribution in [3.05, 3.63) is 77.9 Å². The van der Waals surface area contributed by atoms with E-state index >= 15 is 0 Å². The molecule has 3 heterocycles. The van der Waals surface area contributed by atoms with Gasteiger partial charge in [0.2, 0.25) is 0 Å². The van der Waals surface area contributed by atoms with Crippen LogP contribution in [0.4, 0.5) is 10.8 Å². The van der Waals surface area contributed by atoms with E-state index in [0.29, 0.717) is 0 Å². The van der Waals surface area contributed by atoms with Gasteiger partial charge < -0.3 is 14.4 Å². The highest BCUT2D eigenvalue weighted by Gasteiger charge is 2.19. The van der Waals surface area contributed by atoms with Gasteiger partial charge >= 0.3 is 0 Å². The Morgan fingerprint density at radius 3 is 2.41 bits per heavy atom. The van der Waals surface area contributed by atoms with Gasteiger partial charge in [0.25, 0.3) is 0 Å².